The summed E-state index contributed by atoms with van der Waals surface area (Å²) in [4.78, 5) is 10.8. The van der Waals surface area contributed by atoms with E-state index >= 15 is 0 Å². The minimum absolute atomic E-state index is 0.0356. The van der Waals surface area contributed by atoms with Gasteiger partial charge in [-0.1, -0.05) is 0 Å². The molecule has 3 N–H and O–H groups in total. The number of ether oxygens (including phenoxy) is 1. The average Bonchev–Trinajstić information content (AvgIpc) is 2.13. The molecule has 5 nitrogen and oxygen atoms in total. The Balaban J connectivity index is 3.57. The van der Waals surface area contributed by atoms with Crippen LogP contribution >= 0.6 is 11.8 Å². The van der Waals surface area contributed by atoms with E-state index in [0.29, 0.717) is 0 Å². The van der Waals surface area contributed by atoms with Gasteiger partial charge in [0.25, 0.3) is 0 Å². The van der Waals surface area contributed by atoms with Crippen LogP contribution in [0.5, 0.6) is 0 Å². The molecule has 0 heterocycles. The number of hydrogen-bond acceptors (Lipinski definition) is 6. The van der Waals surface area contributed by atoms with Crippen molar-refractivity contribution in [1.82, 2.24) is 0 Å². The third-order valence-electron chi connectivity index (χ3n) is 1.19. The summed E-state index contributed by atoms with van der Waals surface area (Å²) in [6, 6.07) is 0. The maximum Gasteiger partial charge on any atom is 0.315 e. The van der Waals surface area contributed by atoms with Gasteiger partial charge in [-0.15, -0.1) is 11.8 Å². The molecule has 0 rings (SSSR count). The molecule has 0 amide bonds. The summed E-state index contributed by atoms with van der Waals surface area (Å²) in [6.45, 7) is 1.44. The minimum Gasteiger partial charge on any atom is -0.465 e. The number of esters is 1. The lowest BCUT2D eigenvalue weighted by atomic mass is 10.4. The molecule has 6 heteroatoms. The van der Waals surface area contributed by atoms with Crippen LogP contribution in [-0.2, 0) is 9.53 Å². The van der Waals surface area contributed by atoms with E-state index < -0.39 is 24.1 Å². The van der Waals surface area contributed by atoms with Crippen LogP contribution in [0.4, 0.5) is 0 Å². The summed E-state index contributed by atoms with van der Waals surface area (Å²) >= 11 is 0.828. The van der Waals surface area contributed by atoms with Crippen LogP contribution in [-0.4, -0.2) is 51.8 Å². The van der Waals surface area contributed by atoms with Crippen LogP contribution < -0.4 is 0 Å². The van der Waals surface area contributed by atoms with Crippen LogP contribution in [0.2, 0.25) is 0 Å². The smallest absolute Gasteiger partial charge is 0.315 e. The van der Waals surface area contributed by atoms with Crippen molar-refractivity contribution in [3.05, 3.63) is 0 Å². The van der Waals surface area contributed by atoms with Gasteiger partial charge >= 0.3 is 5.97 Å². The summed E-state index contributed by atoms with van der Waals surface area (Å²) in [5.74, 6) is -0.483. The van der Waals surface area contributed by atoms with Crippen molar-refractivity contribution in [3.63, 3.8) is 0 Å². The molecule has 13 heavy (non-hydrogen) atoms. The van der Waals surface area contributed by atoms with E-state index in [0.717, 1.165) is 11.8 Å². The number of carbonyl (C=O) groups excluding carboxylic acids is 1. The highest BCUT2D eigenvalue weighted by Gasteiger charge is 2.17. The number of rotatable bonds is 6. The van der Waals surface area contributed by atoms with E-state index in [-0.39, 0.29) is 12.4 Å². The monoisotopic (exact) mass is 210 g/mol. The second-order valence-corrected chi connectivity index (χ2v) is 3.36. The molecule has 0 aliphatic heterocycles. The van der Waals surface area contributed by atoms with Gasteiger partial charge < -0.3 is 20.1 Å². The van der Waals surface area contributed by atoms with Crippen molar-refractivity contribution < 1.29 is 24.9 Å². The highest BCUT2D eigenvalue weighted by Crippen LogP contribution is 2.11. The van der Waals surface area contributed by atoms with E-state index in [2.05, 4.69) is 4.74 Å². The summed E-state index contributed by atoms with van der Waals surface area (Å²) in [5, 5.41) is 26.4. The SMILES string of the molecule is CCOC(=O)CSC(O)C(O)CO. The fraction of sp³-hybridized carbons (Fsp3) is 0.857. The molecule has 0 bridgehead atoms. The van der Waals surface area contributed by atoms with Crippen LogP contribution in [0, 0.1) is 0 Å². The van der Waals surface area contributed by atoms with Gasteiger partial charge in [0.1, 0.15) is 11.5 Å². The first-order valence-corrected chi connectivity index (χ1v) is 4.90. The van der Waals surface area contributed by atoms with E-state index in [1.54, 1.807) is 6.92 Å². The van der Waals surface area contributed by atoms with Gasteiger partial charge in [-0.25, -0.2) is 0 Å². The molecule has 2 atom stereocenters. The summed E-state index contributed by atoms with van der Waals surface area (Å²) in [7, 11) is 0. The zero-order valence-corrected chi connectivity index (χ0v) is 8.16. The molecule has 0 saturated carbocycles. The van der Waals surface area contributed by atoms with Crippen LogP contribution in [0.3, 0.4) is 0 Å². The lowest BCUT2D eigenvalue weighted by Gasteiger charge is -2.13. The standard InChI is InChI=1S/C7H14O5S/c1-2-12-6(10)4-13-7(11)5(9)3-8/h5,7-9,11H,2-4H2,1H3. The normalized spacial score (nSPS) is 15.1. The number of carbonyl (C=O) groups is 1. The number of aliphatic hydroxyl groups is 3. The quantitative estimate of drug-likeness (QED) is 0.383. The van der Waals surface area contributed by atoms with Crippen molar-refractivity contribution in [2.24, 2.45) is 0 Å². The Morgan fingerprint density at radius 3 is 2.62 bits per heavy atom. The lowest BCUT2D eigenvalue weighted by Crippen LogP contribution is -2.27. The molecule has 0 aromatic rings. The number of thioether (sulfide) groups is 1. The third-order valence-corrected chi connectivity index (χ3v) is 2.25. The Hall–Kier alpha value is -0.300. The van der Waals surface area contributed by atoms with Crippen molar-refractivity contribution in [1.29, 1.82) is 0 Å². The third kappa shape index (κ3) is 5.87. The van der Waals surface area contributed by atoms with E-state index in [1.807, 2.05) is 0 Å². The van der Waals surface area contributed by atoms with Gasteiger partial charge in [0.2, 0.25) is 0 Å². The maximum absolute atomic E-state index is 10.8. The maximum atomic E-state index is 10.8. The molecule has 0 aliphatic rings. The highest BCUT2D eigenvalue weighted by atomic mass is 32.2. The predicted molar refractivity (Wildman–Crippen MR) is 48.2 cm³/mol. The topological polar surface area (TPSA) is 87.0 Å². The molecule has 0 spiro atoms. The molecule has 0 saturated heterocycles. The average molecular weight is 210 g/mol. The van der Waals surface area contributed by atoms with Crippen LogP contribution in [0.1, 0.15) is 6.92 Å². The zero-order chi connectivity index (χ0) is 10.3. The van der Waals surface area contributed by atoms with Crippen molar-refractivity contribution >= 4 is 17.7 Å². The van der Waals surface area contributed by atoms with Gasteiger partial charge in [-0.3, -0.25) is 4.79 Å². The van der Waals surface area contributed by atoms with E-state index in [4.69, 9.17) is 15.3 Å². The second-order valence-electron chi connectivity index (χ2n) is 2.26. The molecule has 0 fully saturated rings. The van der Waals surface area contributed by atoms with Crippen molar-refractivity contribution in [2.45, 2.75) is 18.5 Å². The fourth-order valence-corrected chi connectivity index (χ4v) is 1.26. The van der Waals surface area contributed by atoms with Gasteiger partial charge in [-0.2, -0.15) is 0 Å². The van der Waals surface area contributed by atoms with E-state index in [9.17, 15) is 4.79 Å². The molecule has 2 unspecified atom stereocenters. The zero-order valence-electron chi connectivity index (χ0n) is 7.34. The lowest BCUT2D eigenvalue weighted by molar-refractivity contribution is -0.139. The van der Waals surface area contributed by atoms with Crippen molar-refractivity contribution in [2.75, 3.05) is 19.0 Å². The molecule has 0 radical (unpaired) electrons. The largest absolute Gasteiger partial charge is 0.465 e. The molecule has 0 aromatic carbocycles. The molecule has 0 aromatic heterocycles. The first kappa shape index (κ1) is 12.7. The van der Waals surface area contributed by atoms with Gasteiger partial charge in [-0.05, 0) is 6.92 Å². The molecule has 78 valence electrons. The van der Waals surface area contributed by atoms with E-state index in [1.165, 1.54) is 0 Å². The first-order valence-electron chi connectivity index (χ1n) is 3.86. The fourth-order valence-electron chi connectivity index (χ4n) is 0.557. The Morgan fingerprint density at radius 2 is 2.15 bits per heavy atom. The summed E-state index contributed by atoms with van der Waals surface area (Å²) < 4.78 is 4.59. The Labute approximate surface area is 80.7 Å². The van der Waals surface area contributed by atoms with Gasteiger partial charge in [0.15, 0.2) is 0 Å². The number of hydrogen-bond donors (Lipinski definition) is 3. The van der Waals surface area contributed by atoms with Crippen LogP contribution in [0.25, 0.3) is 0 Å². The Morgan fingerprint density at radius 1 is 1.54 bits per heavy atom. The van der Waals surface area contributed by atoms with Gasteiger partial charge in [0, 0.05) is 0 Å². The van der Waals surface area contributed by atoms with Gasteiger partial charge in [0.05, 0.1) is 19.0 Å². The highest BCUT2D eigenvalue weighted by molar-refractivity contribution is 8.00. The van der Waals surface area contributed by atoms with Crippen LogP contribution in [0.15, 0.2) is 0 Å². The Bertz CT molecular complexity index is 152. The first-order chi connectivity index (χ1) is 6.11. The number of aliphatic hydroxyl groups excluding tert-OH is 3. The van der Waals surface area contributed by atoms with Crippen molar-refractivity contribution in [3.8, 4) is 0 Å². The molecule has 0 aliphatic carbocycles. The summed E-state index contributed by atoms with van der Waals surface area (Å²) in [6.07, 6.45) is -1.22. The Kier molecular flexibility index (Phi) is 6.97. The molecular formula is C7H14O5S. The predicted octanol–water partition coefficient (Wildman–Crippen LogP) is -1.05. The molecular weight excluding hydrogens is 196 g/mol. The minimum atomic E-state index is -1.22. The summed E-state index contributed by atoms with van der Waals surface area (Å²) in [5.41, 5.74) is -1.16. The second kappa shape index (κ2) is 7.14.